The summed E-state index contributed by atoms with van der Waals surface area (Å²) in [4.78, 5) is 36.1. The molecule has 36 heavy (non-hydrogen) atoms. The molecule has 1 atom stereocenters. The van der Waals surface area contributed by atoms with Crippen molar-refractivity contribution in [2.45, 2.75) is 52.2 Å². The molecule has 0 bridgehead atoms. The van der Waals surface area contributed by atoms with Gasteiger partial charge in [0.2, 0.25) is 11.7 Å². The second-order valence-electron chi connectivity index (χ2n) is 9.84. The molecule has 1 aromatic carbocycles. The number of ether oxygens (including phenoxy) is 1. The first kappa shape index (κ1) is 23.5. The van der Waals surface area contributed by atoms with Crippen molar-refractivity contribution in [2.75, 3.05) is 11.9 Å². The second kappa shape index (κ2) is 9.10. The van der Waals surface area contributed by atoms with Crippen molar-refractivity contribution in [3.05, 3.63) is 65.9 Å². The average molecular weight is 489 g/mol. The van der Waals surface area contributed by atoms with E-state index in [1.165, 1.54) is 0 Å². The summed E-state index contributed by atoms with van der Waals surface area (Å²) in [6.07, 6.45) is 4.50. The highest BCUT2D eigenvalue weighted by molar-refractivity contribution is 6.04. The van der Waals surface area contributed by atoms with Crippen LogP contribution in [-0.2, 0) is 4.74 Å². The number of hydrogen-bond acceptors (Lipinski definition) is 7. The molecular formula is C26H28N6O4. The lowest BCUT2D eigenvalue weighted by atomic mass is 10.1. The third-order valence-electron chi connectivity index (χ3n) is 6.00. The molecule has 10 nitrogen and oxygen atoms in total. The molecule has 0 radical (unpaired) electrons. The summed E-state index contributed by atoms with van der Waals surface area (Å²) in [5.41, 5.74) is 2.74. The zero-order valence-electron chi connectivity index (χ0n) is 20.7. The number of aryl methyl sites for hydroxylation is 1. The molecule has 2 amide bonds. The normalized spacial score (nSPS) is 15.9. The highest BCUT2D eigenvalue weighted by Gasteiger charge is 2.36. The number of anilines is 1. The number of carbonyl (C=O) groups excluding carboxylic acids is 2. The van der Waals surface area contributed by atoms with Gasteiger partial charge in [0.05, 0.1) is 6.20 Å². The van der Waals surface area contributed by atoms with Crippen molar-refractivity contribution >= 4 is 23.3 Å². The van der Waals surface area contributed by atoms with Crippen LogP contribution in [0.15, 0.2) is 53.3 Å². The monoisotopic (exact) mass is 488 g/mol. The highest BCUT2D eigenvalue weighted by atomic mass is 16.6. The SMILES string of the molecule is Cc1ccc(-c2noc(C3CCCN3C(=O)OC(C)(C)C)n2)cc1NC(=O)c1cnc2ccccn12. The standard InChI is InChI=1S/C26H28N6O4/c1-16-10-11-17(14-18(16)28-23(33)20-15-27-21-9-5-6-12-31(20)21)22-29-24(36-30-22)19-8-7-13-32(19)25(34)35-26(2,3)4/h5-6,9-12,14-15,19H,7-8,13H2,1-4H3,(H,28,33). The van der Waals surface area contributed by atoms with Crippen molar-refractivity contribution in [2.24, 2.45) is 0 Å². The van der Waals surface area contributed by atoms with E-state index in [9.17, 15) is 9.59 Å². The van der Waals surface area contributed by atoms with Crippen LogP contribution in [-0.4, -0.2) is 48.6 Å². The number of fused-ring (bicyclic) bond motifs is 1. The molecule has 3 aromatic heterocycles. The Morgan fingerprint density at radius 1 is 1.19 bits per heavy atom. The molecule has 0 saturated carbocycles. The van der Waals surface area contributed by atoms with Gasteiger partial charge in [-0.2, -0.15) is 4.98 Å². The highest BCUT2D eigenvalue weighted by Crippen LogP contribution is 2.34. The summed E-state index contributed by atoms with van der Waals surface area (Å²) in [6.45, 7) is 7.99. The molecule has 1 aliphatic heterocycles. The predicted octanol–water partition coefficient (Wildman–Crippen LogP) is 5.02. The number of rotatable bonds is 4. The molecule has 5 rings (SSSR count). The Morgan fingerprint density at radius 3 is 2.83 bits per heavy atom. The number of aromatic nitrogens is 4. The van der Waals surface area contributed by atoms with Crippen molar-refractivity contribution < 1.29 is 18.8 Å². The third-order valence-corrected chi connectivity index (χ3v) is 6.00. The molecule has 10 heteroatoms. The number of benzene rings is 1. The van der Waals surface area contributed by atoms with Gasteiger partial charge >= 0.3 is 6.09 Å². The van der Waals surface area contributed by atoms with Gasteiger partial charge in [0.15, 0.2) is 0 Å². The van der Waals surface area contributed by atoms with Crippen molar-refractivity contribution in [1.29, 1.82) is 0 Å². The zero-order valence-corrected chi connectivity index (χ0v) is 20.7. The van der Waals surface area contributed by atoms with Crippen molar-refractivity contribution in [1.82, 2.24) is 24.4 Å². The van der Waals surface area contributed by atoms with Crippen molar-refractivity contribution in [3.8, 4) is 11.4 Å². The summed E-state index contributed by atoms with van der Waals surface area (Å²) in [5, 5.41) is 7.11. The number of carbonyl (C=O) groups is 2. The van der Waals surface area contributed by atoms with Gasteiger partial charge in [0.1, 0.15) is 23.0 Å². The van der Waals surface area contributed by atoms with E-state index in [1.54, 1.807) is 21.7 Å². The molecular weight excluding hydrogens is 460 g/mol. The second-order valence-corrected chi connectivity index (χ2v) is 9.84. The van der Waals surface area contributed by atoms with Gasteiger partial charge in [0.25, 0.3) is 5.91 Å². The van der Waals surface area contributed by atoms with Crippen LogP contribution >= 0.6 is 0 Å². The number of nitrogens with one attached hydrogen (secondary N) is 1. The Balaban J connectivity index is 1.36. The molecule has 186 valence electrons. The number of hydrogen-bond donors (Lipinski definition) is 1. The topological polar surface area (TPSA) is 115 Å². The van der Waals surface area contributed by atoms with E-state index in [0.29, 0.717) is 40.9 Å². The van der Waals surface area contributed by atoms with Gasteiger partial charge < -0.3 is 14.6 Å². The Bertz CT molecular complexity index is 1430. The Hall–Kier alpha value is -4.21. The number of amides is 2. The minimum absolute atomic E-state index is 0.276. The quantitative estimate of drug-likeness (QED) is 0.429. The van der Waals surface area contributed by atoms with E-state index in [0.717, 1.165) is 18.4 Å². The molecule has 0 aliphatic carbocycles. The lowest BCUT2D eigenvalue weighted by Gasteiger charge is -2.26. The van der Waals surface area contributed by atoms with E-state index in [4.69, 9.17) is 9.26 Å². The Labute approximate surface area is 208 Å². The van der Waals surface area contributed by atoms with Gasteiger partial charge in [-0.25, -0.2) is 9.78 Å². The van der Waals surface area contributed by atoms with Gasteiger partial charge in [-0.15, -0.1) is 0 Å². The van der Waals surface area contributed by atoms with Gasteiger partial charge in [0, 0.05) is 24.0 Å². The van der Waals surface area contributed by atoms with E-state index >= 15 is 0 Å². The Kier molecular flexibility index (Phi) is 5.95. The number of pyridine rings is 1. The van der Waals surface area contributed by atoms with Gasteiger partial charge in [-0.1, -0.05) is 23.4 Å². The third kappa shape index (κ3) is 4.66. The first-order chi connectivity index (χ1) is 17.2. The molecule has 4 heterocycles. The zero-order chi connectivity index (χ0) is 25.4. The van der Waals surface area contributed by atoms with Crippen LogP contribution in [0.2, 0.25) is 0 Å². The van der Waals surface area contributed by atoms with Crippen LogP contribution in [0.3, 0.4) is 0 Å². The minimum Gasteiger partial charge on any atom is -0.444 e. The van der Waals surface area contributed by atoms with Crippen LogP contribution in [0.25, 0.3) is 17.0 Å². The maximum Gasteiger partial charge on any atom is 0.410 e. The summed E-state index contributed by atoms with van der Waals surface area (Å²) in [6, 6.07) is 10.8. The fraction of sp³-hybridized carbons (Fsp3) is 0.346. The van der Waals surface area contributed by atoms with E-state index < -0.39 is 11.7 Å². The molecule has 1 unspecified atom stereocenters. The minimum atomic E-state index is -0.587. The number of nitrogens with zero attached hydrogens (tertiary/aromatic N) is 5. The first-order valence-electron chi connectivity index (χ1n) is 11.9. The molecule has 1 saturated heterocycles. The van der Waals surface area contributed by atoms with Gasteiger partial charge in [-0.05, 0) is 64.3 Å². The van der Waals surface area contributed by atoms with E-state index in [-0.39, 0.29) is 11.9 Å². The molecule has 1 N–H and O–H groups in total. The van der Waals surface area contributed by atoms with E-state index in [2.05, 4.69) is 20.4 Å². The summed E-state index contributed by atoms with van der Waals surface area (Å²) in [7, 11) is 0. The van der Waals surface area contributed by atoms with Crippen LogP contribution in [0.1, 0.15) is 61.6 Å². The fourth-order valence-corrected chi connectivity index (χ4v) is 4.23. The molecule has 1 fully saturated rings. The van der Waals surface area contributed by atoms with Crippen LogP contribution in [0.5, 0.6) is 0 Å². The largest absolute Gasteiger partial charge is 0.444 e. The summed E-state index contributed by atoms with van der Waals surface area (Å²) in [5.74, 6) is 0.471. The lowest BCUT2D eigenvalue weighted by molar-refractivity contribution is 0.0199. The number of imidazole rings is 1. The summed E-state index contributed by atoms with van der Waals surface area (Å²) >= 11 is 0. The molecule has 1 aliphatic rings. The predicted molar refractivity (Wildman–Crippen MR) is 133 cm³/mol. The molecule has 0 spiro atoms. The van der Waals surface area contributed by atoms with Gasteiger partial charge in [-0.3, -0.25) is 14.1 Å². The maximum absolute atomic E-state index is 13.0. The molecule has 4 aromatic rings. The number of likely N-dealkylation sites (tertiary alicyclic amines) is 1. The fourth-order valence-electron chi connectivity index (χ4n) is 4.23. The Morgan fingerprint density at radius 2 is 2.03 bits per heavy atom. The van der Waals surface area contributed by atoms with E-state index in [1.807, 2.05) is 64.1 Å². The van der Waals surface area contributed by atoms with Crippen LogP contribution < -0.4 is 5.32 Å². The average Bonchev–Trinajstić information content (AvgIpc) is 3.58. The van der Waals surface area contributed by atoms with Crippen LogP contribution in [0, 0.1) is 6.92 Å². The van der Waals surface area contributed by atoms with Crippen LogP contribution in [0.4, 0.5) is 10.5 Å². The first-order valence-corrected chi connectivity index (χ1v) is 11.9. The smallest absolute Gasteiger partial charge is 0.410 e. The summed E-state index contributed by atoms with van der Waals surface area (Å²) < 4.78 is 12.8. The lowest BCUT2D eigenvalue weighted by Crippen LogP contribution is -2.36. The maximum atomic E-state index is 13.0. The van der Waals surface area contributed by atoms with Crippen molar-refractivity contribution in [3.63, 3.8) is 0 Å².